The van der Waals surface area contributed by atoms with Crippen LogP contribution in [0.25, 0.3) is 0 Å². The van der Waals surface area contributed by atoms with E-state index in [1.54, 1.807) is 0 Å². The minimum Gasteiger partial charge on any atom is -0.318 e. The number of nitrogens with one attached hydrogen (secondary N) is 1. The van der Waals surface area contributed by atoms with Crippen LogP contribution in [0.2, 0.25) is 0 Å². The van der Waals surface area contributed by atoms with Gasteiger partial charge in [-0.3, -0.25) is 16.0 Å². The van der Waals surface area contributed by atoms with Crippen LogP contribution in [0.4, 0.5) is 11.4 Å². The first-order valence-electron chi connectivity index (χ1n) is 5.61. The highest BCUT2D eigenvalue weighted by molar-refractivity contribution is 7.89. The van der Waals surface area contributed by atoms with E-state index >= 15 is 0 Å². The molecule has 19 heavy (non-hydrogen) atoms. The van der Waals surface area contributed by atoms with Crippen molar-refractivity contribution in [2.24, 2.45) is 5.84 Å². The highest BCUT2D eigenvalue weighted by Gasteiger charge is 2.35. The number of nitrogens with two attached hydrogens (primary N) is 1. The van der Waals surface area contributed by atoms with E-state index in [1.807, 2.05) is 0 Å². The third kappa shape index (κ3) is 2.53. The lowest BCUT2D eigenvalue weighted by Gasteiger charge is -2.16. The van der Waals surface area contributed by atoms with Gasteiger partial charge in [0.2, 0.25) is 10.0 Å². The highest BCUT2D eigenvalue weighted by atomic mass is 32.2. The Balaban J connectivity index is 2.43. The molecule has 1 aromatic rings. The van der Waals surface area contributed by atoms with Crippen molar-refractivity contribution < 1.29 is 13.3 Å². The number of anilines is 1. The fraction of sp³-hybridized carbons (Fsp3) is 0.400. The predicted molar refractivity (Wildman–Crippen MR) is 68.9 cm³/mol. The van der Waals surface area contributed by atoms with Crippen LogP contribution in [-0.4, -0.2) is 30.7 Å². The molecule has 9 heteroatoms. The van der Waals surface area contributed by atoms with E-state index in [-0.39, 0.29) is 22.3 Å². The van der Waals surface area contributed by atoms with Gasteiger partial charge in [-0.25, -0.2) is 8.42 Å². The molecule has 0 saturated heterocycles. The van der Waals surface area contributed by atoms with E-state index in [1.165, 1.54) is 23.5 Å². The minimum absolute atomic E-state index is 0.0135. The smallest absolute Gasteiger partial charge is 0.293 e. The van der Waals surface area contributed by atoms with Gasteiger partial charge < -0.3 is 5.43 Å². The third-order valence-corrected chi connectivity index (χ3v) is 4.96. The molecule has 1 aliphatic carbocycles. The molecule has 0 spiro atoms. The second kappa shape index (κ2) is 4.76. The maximum absolute atomic E-state index is 12.3. The van der Waals surface area contributed by atoms with Crippen LogP contribution in [0.3, 0.4) is 0 Å². The molecule has 8 nitrogen and oxygen atoms in total. The number of nitrogen functional groups attached to an aromatic ring is 1. The van der Waals surface area contributed by atoms with Gasteiger partial charge >= 0.3 is 0 Å². The van der Waals surface area contributed by atoms with E-state index < -0.39 is 14.9 Å². The molecule has 0 bridgehead atoms. The van der Waals surface area contributed by atoms with Crippen molar-refractivity contribution in [2.75, 3.05) is 12.5 Å². The lowest BCUT2D eigenvalue weighted by atomic mass is 10.3. The average molecular weight is 286 g/mol. The topological polar surface area (TPSA) is 119 Å². The fourth-order valence-electron chi connectivity index (χ4n) is 1.75. The average Bonchev–Trinajstić information content (AvgIpc) is 3.21. The van der Waals surface area contributed by atoms with Gasteiger partial charge in [0.1, 0.15) is 5.69 Å². The van der Waals surface area contributed by atoms with Crippen molar-refractivity contribution in [1.29, 1.82) is 0 Å². The predicted octanol–water partition coefficient (Wildman–Crippen LogP) is 0.663. The quantitative estimate of drug-likeness (QED) is 0.466. The van der Waals surface area contributed by atoms with Crippen molar-refractivity contribution in [3.8, 4) is 0 Å². The van der Waals surface area contributed by atoms with Gasteiger partial charge in [-0.1, -0.05) is 0 Å². The van der Waals surface area contributed by atoms with Crippen LogP contribution >= 0.6 is 0 Å². The molecule has 2 rings (SSSR count). The molecule has 0 unspecified atom stereocenters. The lowest BCUT2D eigenvalue weighted by molar-refractivity contribution is -0.384. The van der Waals surface area contributed by atoms with Gasteiger partial charge in [0.05, 0.1) is 9.82 Å². The number of sulfonamides is 1. The normalized spacial score (nSPS) is 15.5. The minimum atomic E-state index is -3.64. The zero-order chi connectivity index (χ0) is 14.2. The Bertz CT molecular complexity index is 612. The molecule has 1 saturated carbocycles. The Morgan fingerprint density at radius 2 is 2.11 bits per heavy atom. The van der Waals surface area contributed by atoms with Crippen LogP contribution in [0.5, 0.6) is 0 Å². The van der Waals surface area contributed by atoms with E-state index in [9.17, 15) is 18.5 Å². The summed E-state index contributed by atoms with van der Waals surface area (Å²) in [5.74, 6) is 5.19. The number of hydrogen-bond acceptors (Lipinski definition) is 6. The molecule has 1 aromatic carbocycles. The van der Waals surface area contributed by atoms with Crippen LogP contribution in [-0.2, 0) is 10.0 Å². The summed E-state index contributed by atoms with van der Waals surface area (Å²) in [4.78, 5) is 10.1. The molecule has 0 radical (unpaired) electrons. The molecule has 0 aromatic heterocycles. The Labute approximate surface area is 110 Å². The molecule has 3 N–H and O–H groups in total. The van der Waals surface area contributed by atoms with E-state index in [0.717, 1.165) is 18.9 Å². The number of rotatable bonds is 5. The van der Waals surface area contributed by atoms with Gasteiger partial charge in [-0.15, -0.1) is 0 Å². The van der Waals surface area contributed by atoms with Crippen LogP contribution < -0.4 is 11.3 Å². The summed E-state index contributed by atoms with van der Waals surface area (Å²) in [6.45, 7) is 0. The summed E-state index contributed by atoms with van der Waals surface area (Å²) in [6.07, 6.45) is 1.68. The SMILES string of the molecule is CN(C1CC1)S(=O)(=O)c1ccc([N+](=O)[O-])c(NN)c1. The maximum Gasteiger partial charge on any atom is 0.293 e. The van der Waals surface area contributed by atoms with Gasteiger partial charge in [-0.2, -0.15) is 4.31 Å². The van der Waals surface area contributed by atoms with E-state index in [4.69, 9.17) is 5.84 Å². The Kier molecular flexibility index (Phi) is 3.43. The molecular weight excluding hydrogens is 272 g/mol. The number of nitrogens with zero attached hydrogens (tertiary/aromatic N) is 2. The summed E-state index contributed by atoms with van der Waals surface area (Å²) in [6, 6.07) is 3.54. The van der Waals surface area contributed by atoms with Crippen molar-refractivity contribution in [1.82, 2.24) is 4.31 Å². The lowest BCUT2D eigenvalue weighted by Crippen LogP contribution is -2.29. The molecule has 0 aliphatic heterocycles. The maximum atomic E-state index is 12.3. The highest BCUT2D eigenvalue weighted by Crippen LogP contribution is 2.33. The number of hydrazine groups is 1. The van der Waals surface area contributed by atoms with Crippen molar-refractivity contribution in [3.63, 3.8) is 0 Å². The molecule has 0 amide bonds. The summed E-state index contributed by atoms with van der Waals surface area (Å²) in [5, 5.41) is 10.7. The Hall–Kier alpha value is -1.71. The Morgan fingerprint density at radius 3 is 2.58 bits per heavy atom. The first-order chi connectivity index (χ1) is 8.87. The van der Waals surface area contributed by atoms with Gasteiger partial charge in [0, 0.05) is 19.2 Å². The van der Waals surface area contributed by atoms with Crippen molar-refractivity contribution >= 4 is 21.4 Å². The fourth-order valence-corrected chi connectivity index (χ4v) is 3.19. The molecule has 104 valence electrons. The monoisotopic (exact) mass is 286 g/mol. The van der Waals surface area contributed by atoms with Gasteiger partial charge in [0.25, 0.3) is 5.69 Å². The van der Waals surface area contributed by atoms with Crippen LogP contribution in [0, 0.1) is 10.1 Å². The van der Waals surface area contributed by atoms with Gasteiger partial charge in [-0.05, 0) is 25.0 Å². The molecule has 0 heterocycles. The first-order valence-corrected chi connectivity index (χ1v) is 7.05. The molecular formula is C10H14N4O4S. The van der Waals surface area contributed by atoms with Crippen LogP contribution in [0.1, 0.15) is 12.8 Å². The second-order valence-corrected chi connectivity index (χ2v) is 6.33. The second-order valence-electron chi connectivity index (χ2n) is 4.33. The van der Waals surface area contributed by atoms with E-state index in [0.29, 0.717) is 0 Å². The van der Waals surface area contributed by atoms with Crippen LogP contribution in [0.15, 0.2) is 23.1 Å². The zero-order valence-electron chi connectivity index (χ0n) is 10.2. The summed E-state index contributed by atoms with van der Waals surface area (Å²) < 4.78 is 25.8. The van der Waals surface area contributed by atoms with Gasteiger partial charge in [0.15, 0.2) is 0 Å². The summed E-state index contributed by atoms with van der Waals surface area (Å²) in [7, 11) is -2.13. The Morgan fingerprint density at radius 1 is 1.47 bits per heavy atom. The number of benzene rings is 1. The summed E-state index contributed by atoms with van der Waals surface area (Å²) in [5.41, 5.74) is 1.85. The molecule has 1 fully saturated rings. The molecule has 1 aliphatic rings. The first kappa shape index (κ1) is 13.7. The standard InChI is InChI=1S/C10H14N4O4S/c1-13(7-2-3-7)19(17,18)8-4-5-10(14(15)16)9(6-8)12-11/h4-7,12H,2-3,11H2,1H3. The summed E-state index contributed by atoms with van der Waals surface area (Å²) >= 11 is 0. The zero-order valence-corrected chi connectivity index (χ0v) is 11.1. The van der Waals surface area contributed by atoms with Crippen molar-refractivity contribution in [2.45, 2.75) is 23.8 Å². The third-order valence-electron chi connectivity index (χ3n) is 3.06. The van der Waals surface area contributed by atoms with E-state index in [2.05, 4.69) is 5.43 Å². The number of nitro benzene ring substituents is 1. The number of nitro groups is 1. The number of hydrogen-bond donors (Lipinski definition) is 2. The van der Waals surface area contributed by atoms with Crippen molar-refractivity contribution in [3.05, 3.63) is 28.3 Å². The largest absolute Gasteiger partial charge is 0.318 e. The molecule has 0 atom stereocenters.